The van der Waals surface area contributed by atoms with Crippen molar-refractivity contribution in [2.75, 3.05) is 39.3 Å². The number of nitrogens with one attached hydrogen (secondary N) is 1. The second kappa shape index (κ2) is 5.04. The Morgan fingerprint density at radius 2 is 1.81 bits per heavy atom. The molecule has 16 heavy (non-hydrogen) atoms. The number of urea groups is 1. The van der Waals surface area contributed by atoms with Gasteiger partial charge in [0.2, 0.25) is 0 Å². The summed E-state index contributed by atoms with van der Waals surface area (Å²) in [4.78, 5) is 16.2. The maximum absolute atomic E-state index is 12.2. The zero-order chi connectivity index (χ0) is 11.5. The van der Waals surface area contributed by atoms with Gasteiger partial charge >= 0.3 is 6.03 Å². The van der Waals surface area contributed by atoms with Gasteiger partial charge in [-0.15, -0.1) is 0 Å². The van der Waals surface area contributed by atoms with Crippen molar-refractivity contribution < 1.29 is 4.79 Å². The topological polar surface area (TPSA) is 35.6 Å². The quantitative estimate of drug-likeness (QED) is 0.760. The largest absolute Gasteiger partial charge is 0.325 e. The Morgan fingerprint density at radius 1 is 1.25 bits per heavy atom. The van der Waals surface area contributed by atoms with E-state index in [0.717, 1.165) is 39.3 Å². The lowest BCUT2D eigenvalue weighted by Gasteiger charge is -2.43. The summed E-state index contributed by atoms with van der Waals surface area (Å²) in [6, 6.07) is 0.238. The number of carbonyl (C=O) groups is 1. The minimum absolute atomic E-state index is 0.238. The van der Waals surface area contributed by atoms with Crippen molar-refractivity contribution >= 4 is 6.03 Å². The van der Waals surface area contributed by atoms with Crippen LogP contribution < -0.4 is 5.32 Å². The number of hydrogen-bond acceptors (Lipinski definition) is 2. The fourth-order valence-corrected chi connectivity index (χ4v) is 2.96. The van der Waals surface area contributed by atoms with Gasteiger partial charge in [-0.1, -0.05) is 0 Å². The molecule has 4 nitrogen and oxygen atoms in total. The first kappa shape index (κ1) is 11.7. The molecule has 0 spiro atoms. The van der Waals surface area contributed by atoms with Crippen LogP contribution in [0, 0.1) is 11.8 Å². The predicted octanol–water partition coefficient (Wildman–Crippen LogP) is 0.990. The molecule has 2 amide bonds. The molecule has 2 rings (SSSR count). The minimum atomic E-state index is 0.238. The van der Waals surface area contributed by atoms with Crippen LogP contribution in [-0.2, 0) is 0 Å². The van der Waals surface area contributed by atoms with Crippen LogP contribution in [0.5, 0.6) is 0 Å². The Kier molecular flexibility index (Phi) is 3.69. The molecule has 1 N–H and O–H groups in total. The zero-order valence-electron chi connectivity index (χ0n) is 10.4. The molecule has 0 unspecified atom stereocenters. The number of likely N-dealkylation sites (tertiary alicyclic amines) is 1. The summed E-state index contributed by atoms with van der Waals surface area (Å²) < 4.78 is 0. The van der Waals surface area contributed by atoms with Gasteiger partial charge in [-0.05, 0) is 45.2 Å². The molecule has 2 aliphatic rings. The van der Waals surface area contributed by atoms with Gasteiger partial charge in [-0.25, -0.2) is 4.79 Å². The van der Waals surface area contributed by atoms with E-state index in [0.29, 0.717) is 11.8 Å². The molecule has 0 aromatic rings. The monoisotopic (exact) mass is 225 g/mol. The highest BCUT2D eigenvalue weighted by molar-refractivity contribution is 5.74. The van der Waals surface area contributed by atoms with Gasteiger partial charge in [0.25, 0.3) is 0 Å². The fraction of sp³-hybridized carbons (Fsp3) is 0.917. The standard InChI is InChI=1S/C12H23N3O/c1-3-14(4-2)12(16)15-8-10-5-11(9-15)7-13-6-10/h10-11,13H,3-9H2,1-2H3/t10-,11+. The Bertz CT molecular complexity index is 241. The third-order valence-electron chi connectivity index (χ3n) is 3.79. The minimum Gasteiger partial charge on any atom is -0.325 e. The number of hydrogen-bond donors (Lipinski definition) is 1. The van der Waals surface area contributed by atoms with Crippen LogP contribution in [0.1, 0.15) is 20.3 Å². The average molecular weight is 225 g/mol. The second-order valence-electron chi connectivity index (χ2n) is 4.99. The summed E-state index contributed by atoms with van der Waals surface area (Å²) in [5.41, 5.74) is 0. The molecule has 2 aliphatic heterocycles. The molecule has 0 aromatic carbocycles. The van der Waals surface area contributed by atoms with Crippen LogP contribution in [0.3, 0.4) is 0 Å². The number of nitrogens with zero attached hydrogens (tertiary/aromatic N) is 2. The third-order valence-corrected chi connectivity index (χ3v) is 3.79. The number of amides is 2. The Labute approximate surface area is 98.0 Å². The normalized spacial score (nSPS) is 29.0. The van der Waals surface area contributed by atoms with Gasteiger partial charge in [0, 0.05) is 26.2 Å². The lowest BCUT2D eigenvalue weighted by atomic mass is 9.86. The van der Waals surface area contributed by atoms with E-state index >= 15 is 0 Å². The van der Waals surface area contributed by atoms with Crippen molar-refractivity contribution in [2.24, 2.45) is 11.8 Å². The molecule has 2 saturated heterocycles. The Balaban J connectivity index is 1.96. The van der Waals surface area contributed by atoms with Crippen LogP contribution >= 0.6 is 0 Å². The van der Waals surface area contributed by atoms with E-state index in [4.69, 9.17) is 0 Å². The zero-order valence-corrected chi connectivity index (χ0v) is 10.4. The van der Waals surface area contributed by atoms with Crippen LogP contribution in [0.2, 0.25) is 0 Å². The van der Waals surface area contributed by atoms with Gasteiger partial charge < -0.3 is 15.1 Å². The average Bonchev–Trinajstić information content (AvgIpc) is 2.30. The van der Waals surface area contributed by atoms with Crippen molar-refractivity contribution in [1.82, 2.24) is 15.1 Å². The summed E-state index contributed by atoms with van der Waals surface area (Å²) in [6.45, 7) is 9.79. The number of rotatable bonds is 2. The molecule has 2 fully saturated rings. The van der Waals surface area contributed by atoms with E-state index in [2.05, 4.69) is 10.2 Å². The summed E-state index contributed by atoms with van der Waals surface area (Å²) in [5.74, 6) is 1.35. The smallest absolute Gasteiger partial charge is 0.319 e. The first-order chi connectivity index (χ1) is 7.74. The summed E-state index contributed by atoms with van der Waals surface area (Å²) >= 11 is 0. The summed E-state index contributed by atoms with van der Waals surface area (Å²) in [6.07, 6.45) is 1.30. The molecular formula is C12H23N3O. The van der Waals surface area contributed by atoms with E-state index in [1.54, 1.807) is 0 Å². The van der Waals surface area contributed by atoms with Crippen molar-refractivity contribution in [1.29, 1.82) is 0 Å². The van der Waals surface area contributed by atoms with E-state index in [9.17, 15) is 4.79 Å². The number of piperidine rings is 2. The maximum atomic E-state index is 12.2. The van der Waals surface area contributed by atoms with Gasteiger partial charge in [-0.2, -0.15) is 0 Å². The van der Waals surface area contributed by atoms with Crippen LogP contribution in [0.25, 0.3) is 0 Å². The van der Waals surface area contributed by atoms with Gasteiger partial charge in [0.05, 0.1) is 0 Å². The molecule has 0 radical (unpaired) electrons. The predicted molar refractivity (Wildman–Crippen MR) is 64.4 cm³/mol. The number of fused-ring (bicyclic) bond motifs is 2. The molecular weight excluding hydrogens is 202 g/mol. The first-order valence-electron chi connectivity index (χ1n) is 6.49. The van der Waals surface area contributed by atoms with Crippen LogP contribution in [0.15, 0.2) is 0 Å². The van der Waals surface area contributed by atoms with E-state index in [1.807, 2.05) is 18.7 Å². The molecule has 4 heteroatoms. The molecule has 0 aromatic heterocycles. The highest BCUT2D eigenvalue weighted by Crippen LogP contribution is 2.25. The summed E-state index contributed by atoms with van der Waals surface area (Å²) in [5, 5.41) is 3.45. The second-order valence-corrected chi connectivity index (χ2v) is 4.99. The fourth-order valence-electron chi connectivity index (χ4n) is 2.96. The van der Waals surface area contributed by atoms with E-state index < -0.39 is 0 Å². The van der Waals surface area contributed by atoms with Crippen LogP contribution in [-0.4, -0.2) is 55.1 Å². The van der Waals surface area contributed by atoms with Crippen molar-refractivity contribution in [3.05, 3.63) is 0 Å². The Hall–Kier alpha value is -0.770. The van der Waals surface area contributed by atoms with E-state index in [-0.39, 0.29) is 6.03 Å². The Morgan fingerprint density at radius 3 is 2.31 bits per heavy atom. The molecule has 2 heterocycles. The highest BCUT2D eigenvalue weighted by atomic mass is 16.2. The number of carbonyl (C=O) groups excluding carboxylic acids is 1. The maximum Gasteiger partial charge on any atom is 0.319 e. The van der Waals surface area contributed by atoms with E-state index in [1.165, 1.54) is 6.42 Å². The molecule has 0 aliphatic carbocycles. The lowest BCUT2D eigenvalue weighted by Crippen LogP contribution is -2.55. The first-order valence-corrected chi connectivity index (χ1v) is 6.49. The lowest BCUT2D eigenvalue weighted by molar-refractivity contribution is 0.0922. The molecule has 2 atom stereocenters. The SMILES string of the molecule is CCN(CC)C(=O)N1C[C@@H]2CNC[C@@H](C2)C1. The van der Waals surface area contributed by atoms with Gasteiger partial charge in [-0.3, -0.25) is 0 Å². The van der Waals surface area contributed by atoms with Crippen LogP contribution in [0.4, 0.5) is 4.79 Å². The molecule has 0 saturated carbocycles. The third kappa shape index (κ3) is 2.32. The van der Waals surface area contributed by atoms with Gasteiger partial charge in [0.15, 0.2) is 0 Å². The highest BCUT2D eigenvalue weighted by Gasteiger charge is 2.33. The summed E-state index contributed by atoms with van der Waals surface area (Å²) in [7, 11) is 0. The molecule has 92 valence electrons. The van der Waals surface area contributed by atoms with Crippen molar-refractivity contribution in [3.8, 4) is 0 Å². The van der Waals surface area contributed by atoms with Gasteiger partial charge in [0.1, 0.15) is 0 Å². The molecule has 2 bridgehead atoms. The van der Waals surface area contributed by atoms with Crippen molar-refractivity contribution in [2.45, 2.75) is 20.3 Å². The van der Waals surface area contributed by atoms with Crippen molar-refractivity contribution in [3.63, 3.8) is 0 Å².